The van der Waals surface area contributed by atoms with Gasteiger partial charge in [-0.25, -0.2) is 0 Å². The van der Waals surface area contributed by atoms with Gasteiger partial charge in [0.2, 0.25) is 0 Å². The Morgan fingerprint density at radius 3 is 2.05 bits per heavy atom. The fourth-order valence-corrected chi connectivity index (χ4v) is 3.47. The van der Waals surface area contributed by atoms with Crippen molar-refractivity contribution >= 4 is 35.0 Å². The summed E-state index contributed by atoms with van der Waals surface area (Å²) in [5, 5.41) is 4.32. The van der Waals surface area contributed by atoms with Gasteiger partial charge in [0.1, 0.15) is 0 Å². The van der Waals surface area contributed by atoms with Crippen molar-refractivity contribution in [3.63, 3.8) is 0 Å². The second-order valence-electron chi connectivity index (χ2n) is 5.52. The van der Waals surface area contributed by atoms with Crippen LogP contribution >= 0.6 is 35.0 Å². The average molecular weight is 354 g/mol. The zero-order chi connectivity index (χ0) is 15.9. The summed E-state index contributed by atoms with van der Waals surface area (Å²) in [5.74, 6) is 2.13. The molecule has 1 aromatic rings. The molecule has 0 heterocycles. The molecule has 0 aromatic heterocycles. The highest BCUT2D eigenvalue weighted by molar-refractivity contribution is 7.98. The van der Waals surface area contributed by atoms with Crippen molar-refractivity contribution in [2.24, 2.45) is 0 Å². The third-order valence-electron chi connectivity index (χ3n) is 3.38. The number of hydrogen-bond acceptors (Lipinski definition) is 2. The number of benzene rings is 2. The lowest BCUT2D eigenvalue weighted by atomic mass is 10.1. The lowest BCUT2D eigenvalue weighted by Crippen LogP contribution is -2.13. The molecule has 1 aromatic carbocycles. The lowest BCUT2D eigenvalue weighted by Gasteiger charge is -2.09. The third kappa shape index (κ3) is 5.51. The molecule has 4 heteroatoms. The molecule has 2 aliphatic rings. The minimum Gasteiger partial charge on any atom is -0.309 e. The summed E-state index contributed by atoms with van der Waals surface area (Å²) in [6.07, 6.45) is 1.21. The first-order chi connectivity index (χ1) is 10.6. The van der Waals surface area contributed by atoms with Gasteiger partial charge >= 0.3 is 0 Å². The number of halogens is 2. The number of nitrogens with zero attached hydrogens (tertiary/aromatic N) is 1. The Balaban J connectivity index is 0.000000238. The van der Waals surface area contributed by atoms with Crippen LogP contribution in [0.3, 0.4) is 0 Å². The largest absolute Gasteiger partial charge is 0.309 e. The minimum absolute atomic E-state index is 0.700. The number of rotatable bonds is 6. The van der Waals surface area contributed by atoms with E-state index in [0.717, 1.165) is 23.1 Å². The van der Waals surface area contributed by atoms with Gasteiger partial charge in [0.05, 0.1) is 0 Å². The van der Waals surface area contributed by atoms with E-state index in [2.05, 4.69) is 43.3 Å². The van der Waals surface area contributed by atoms with Gasteiger partial charge in [-0.3, -0.25) is 0 Å². The molecule has 0 radical (unpaired) electrons. The molecule has 0 spiro atoms. The minimum atomic E-state index is 0.700. The first-order valence-electron chi connectivity index (χ1n) is 7.33. The molecule has 0 saturated heterocycles. The molecular formula is C18H21Cl2NS. The van der Waals surface area contributed by atoms with Gasteiger partial charge in [0.25, 0.3) is 0 Å². The molecule has 0 amide bonds. The normalized spacial score (nSPS) is 11.1. The molecule has 118 valence electrons. The molecule has 0 saturated carbocycles. The van der Waals surface area contributed by atoms with E-state index in [9.17, 15) is 0 Å². The van der Waals surface area contributed by atoms with Gasteiger partial charge in [0, 0.05) is 15.8 Å². The highest BCUT2D eigenvalue weighted by atomic mass is 35.5. The summed E-state index contributed by atoms with van der Waals surface area (Å²) in [6, 6.07) is 14.2. The fraction of sp³-hybridized carbons (Fsp3) is 0.333. The standard InChI is InChI=1S/C12H17Cl2NS.C6H4/c1-15(2)6-3-7-16-9-10-4-5-11(13)8-12(10)14;1-2-6-4-3-5(1)6/h4-5,8H,3,6-7,9H2,1-2H3;1-4H. The van der Waals surface area contributed by atoms with E-state index < -0.39 is 0 Å². The van der Waals surface area contributed by atoms with Crippen LogP contribution in [0.2, 0.25) is 10.0 Å². The Hall–Kier alpha value is -0.670. The van der Waals surface area contributed by atoms with Gasteiger partial charge in [0.15, 0.2) is 0 Å². The highest BCUT2D eigenvalue weighted by Crippen LogP contribution is 2.24. The van der Waals surface area contributed by atoms with Crippen LogP contribution in [-0.4, -0.2) is 31.3 Å². The Morgan fingerprint density at radius 2 is 1.59 bits per heavy atom. The van der Waals surface area contributed by atoms with Crippen molar-refractivity contribution < 1.29 is 0 Å². The average Bonchev–Trinajstić information content (AvgIpc) is 2.45. The van der Waals surface area contributed by atoms with Gasteiger partial charge < -0.3 is 4.90 Å². The van der Waals surface area contributed by atoms with Crippen LogP contribution in [0.1, 0.15) is 12.0 Å². The Morgan fingerprint density at radius 1 is 0.955 bits per heavy atom. The molecule has 0 N–H and O–H groups in total. The molecule has 22 heavy (non-hydrogen) atoms. The molecule has 0 atom stereocenters. The van der Waals surface area contributed by atoms with Gasteiger partial charge in [-0.1, -0.05) is 53.5 Å². The second kappa shape index (κ2) is 8.83. The van der Waals surface area contributed by atoms with Crippen LogP contribution in [0.15, 0.2) is 42.5 Å². The quantitative estimate of drug-likeness (QED) is 0.541. The monoisotopic (exact) mass is 353 g/mol. The molecule has 2 aliphatic carbocycles. The molecule has 0 fully saturated rings. The van der Waals surface area contributed by atoms with Gasteiger partial charge in [-0.05, 0) is 60.9 Å². The fourth-order valence-electron chi connectivity index (χ4n) is 1.97. The SMILES string of the molecule is CN(C)CCCSCc1ccc(Cl)cc1Cl.c1cc2ccc1=2. The second-order valence-corrected chi connectivity index (χ2v) is 7.47. The van der Waals surface area contributed by atoms with Crippen molar-refractivity contribution in [1.29, 1.82) is 0 Å². The van der Waals surface area contributed by atoms with E-state index >= 15 is 0 Å². The van der Waals surface area contributed by atoms with E-state index in [-0.39, 0.29) is 0 Å². The molecule has 0 unspecified atom stereocenters. The van der Waals surface area contributed by atoms with E-state index in [0.29, 0.717) is 5.02 Å². The zero-order valence-electron chi connectivity index (χ0n) is 13.0. The molecule has 1 nitrogen and oxygen atoms in total. The van der Waals surface area contributed by atoms with Crippen LogP contribution in [0.5, 0.6) is 0 Å². The molecule has 0 aliphatic heterocycles. The maximum absolute atomic E-state index is 6.09. The van der Waals surface area contributed by atoms with Crippen LogP contribution < -0.4 is 0 Å². The first kappa shape index (κ1) is 17.7. The smallest absolute Gasteiger partial charge is 0.0461 e. The summed E-state index contributed by atoms with van der Waals surface area (Å²) >= 11 is 13.8. The summed E-state index contributed by atoms with van der Waals surface area (Å²) in [6.45, 7) is 1.14. The first-order valence-corrected chi connectivity index (χ1v) is 9.24. The lowest BCUT2D eigenvalue weighted by molar-refractivity contribution is 0.410. The van der Waals surface area contributed by atoms with Crippen molar-refractivity contribution in [2.45, 2.75) is 12.2 Å². The predicted octanol–water partition coefficient (Wildman–Crippen LogP) is 5.47. The van der Waals surface area contributed by atoms with Crippen LogP contribution in [0.25, 0.3) is 0 Å². The molecular weight excluding hydrogens is 333 g/mol. The van der Waals surface area contributed by atoms with E-state index in [4.69, 9.17) is 23.2 Å². The van der Waals surface area contributed by atoms with Gasteiger partial charge in [-0.15, -0.1) is 0 Å². The van der Waals surface area contributed by atoms with Crippen LogP contribution in [0, 0.1) is 10.4 Å². The van der Waals surface area contributed by atoms with Crippen LogP contribution in [-0.2, 0) is 5.75 Å². The summed E-state index contributed by atoms with van der Waals surface area (Å²) in [7, 11) is 4.20. The van der Waals surface area contributed by atoms with Gasteiger partial charge in [-0.2, -0.15) is 11.8 Å². The van der Waals surface area contributed by atoms with Crippen molar-refractivity contribution in [3.8, 4) is 0 Å². The Labute approximate surface area is 146 Å². The number of thioether (sulfide) groups is 1. The molecule has 3 rings (SSSR count). The zero-order valence-corrected chi connectivity index (χ0v) is 15.3. The highest BCUT2D eigenvalue weighted by Gasteiger charge is 2.01. The Bertz CT molecular complexity index is 650. The maximum Gasteiger partial charge on any atom is 0.0461 e. The predicted molar refractivity (Wildman–Crippen MR) is 99.9 cm³/mol. The van der Waals surface area contributed by atoms with Crippen molar-refractivity contribution in [1.82, 2.24) is 4.90 Å². The van der Waals surface area contributed by atoms with E-state index in [1.165, 1.54) is 22.4 Å². The molecule has 0 bridgehead atoms. The summed E-state index contributed by atoms with van der Waals surface area (Å²) in [5.41, 5.74) is 1.17. The van der Waals surface area contributed by atoms with Crippen molar-refractivity contribution in [2.75, 3.05) is 26.4 Å². The van der Waals surface area contributed by atoms with E-state index in [1.807, 2.05) is 23.9 Å². The maximum atomic E-state index is 6.09. The van der Waals surface area contributed by atoms with Crippen molar-refractivity contribution in [3.05, 3.63) is 68.5 Å². The number of hydrogen-bond donors (Lipinski definition) is 0. The van der Waals surface area contributed by atoms with E-state index in [1.54, 1.807) is 6.07 Å². The Kier molecular flexibility index (Phi) is 7.10. The topological polar surface area (TPSA) is 3.24 Å². The van der Waals surface area contributed by atoms with Crippen LogP contribution in [0.4, 0.5) is 0 Å². The summed E-state index contributed by atoms with van der Waals surface area (Å²) < 4.78 is 0. The summed E-state index contributed by atoms with van der Waals surface area (Å²) in [4.78, 5) is 2.20. The third-order valence-corrected chi connectivity index (χ3v) is 5.06.